The van der Waals surface area contributed by atoms with Gasteiger partial charge in [0.05, 0.1) is 12.7 Å². The van der Waals surface area contributed by atoms with Crippen LogP contribution in [-0.4, -0.2) is 12.1 Å². The molecule has 0 saturated carbocycles. The summed E-state index contributed by atoms with van der Waals surface area (Å²) in [4.78, 5) is 4.13. The van der Waals surface area contributed by atoms with Gasteiger partial charge in [0, 0.05) is 5.02 Å². The Morgan fingerprint density at radius 1 is 1.22 bits per heavy atom. The van der Waals surface area contributed by atoms with Gasteiger partial charge < -0.3 is 14.9 Å². The van der Waals surface area contributed by atoms with E-state index in [0.29, 0.717) is 10.7 Å². The van der Waals surface area contributed by atoms with Gasteiger partial charge in [0.15, 0.2) is 0 Å². The molecule has 0 fully saturated rings. The first-order chi connectivity index (χ1) is 8.47. The summed E-state index contributed by atoms with van der Waals surface area (Å²) in [6.07, 6.45) is 1.51. The zero-order valence-corrected chi connectivity index (χ0v) is 11.6. The Balaban J connectivity index is 2.81. The molecular weight excluding hydrogens is 252 g/mol. The Morgan fingerprint density at radius 3 is 2.39 bits per heavy atom. The monoisotopic (exact) mass is 266 g/mol. The lowest BCUT2D eigenvalue weighted by Crippen LogP contribution is -1.99. The van der Waals surface area contributed by atoms with E-state index in [-0.39, 0.29) is 6.01 Å². The summed E-state index contributed by atoms with van der Waals surface area (Å²) in [6, 6.07) is 0.126. The molecule has 1 aromatic heterocycles. The summed E-state index contributed by atoms with van der Waals surface area (Å²) in [5.41, 5.74) is 9.87. The van der Waals surface area contributed by atoms with Gasteiger partial charge >= 0.3 is 0 Å². The van der Waals surface area contributed by atoms with E-state index in [1.165, 1.54) is 6.26 Å². The van der Waals surface area contributed by atoms with Crippen molar-refractivity contribution in [2.24, 2.45) is 0 Å². The molecule has 0 spiro atoms. The number of benzene rings is 1. The van der Waals surface area contributed by atoms with Gasteiger partial charge in [0.2, 0.25) is 0 Å². The van der Waals surface area contributed by atoms with E-state index in [2.05, 4.69) is 4.98 Å². The van der Waals surface area contributed by atoms with Gasteiger partial charge in [-0.15, -0.1) is 0 Å². The van der Waals surface area contributed by atoms with Crippen molar-refractivity contribution < 1.29 is 9.15 Å². The Labute approximate surface area is 111 Å². The van der Waals surface area contributed by atoms with Crippen LogP contribution in [0, 0.1) is 20.8 Å². The van der Waals surface area contributed by atoms with Crippen LogP contribution in [0.4, 0.5) is 6.01 Å². The minimum absolute atomic E-state index is 0.126. The first kappa shape index (κ1) is 12.8. The van der Waals surface area contributed by atoms with Gasteiger partial charge in [-0.3, -0.25) is 0 Å². The molecule has 96 valence electrons. The summed E-state index contributed by atoms with van der Waals surface area (Å²) in [5.74, 6) is 0.753. The van der Waals surface area contributed by atoms with Crippen molar-refractivity contribution in [3.8, 4) is 17.0 Å². The highest BCUT2D eigenvalue weighted by atomic mass is 35.5. The van der Waals surface area contributed by atoms with Gasteiger partial charge in [-0.1, -0.05) is 11.6 Å². The molecule has 4 nitrogen and oxygen atoms in total. The molecule has 0 bridgehead atoms. The number of ether oxygens (including phenoxy) is 1. The number of aromatic nitrogens is 1. The Morgan fingerprint density at radius 2 is 1.89 bits per heavy atom. The number of nitrogen functional groups attached to an aromatic ring is 1. The van der Waals surface area contributed by atoms with Crippen molar-refractivity contribution in [2.45, 2.75) is 20.8 Å². The number of halogens is 1. The second-order valence-electron chi connectivity index (χ2n) is 4.17. The fourth-order valence-corrected chi connectivity index (χ4v) is 2.29. The predicted molar refractivity (Wildman–Crippen MR) is 72.1 cm³/mol. The first-order valence-corrected chi connectivity index (χ1v) is 5.89. The van der Waals surface area contributed by atoms with Crippen molar-refractivity contribution >= 4 is 17.6 Å². The van der Waals surface area contributed by atoms with Crippen LogP contribution >= 0.6 is 11.6 Å². The molecule has 1 heterocycles. The van der Waals surface area contributed by atoms with Crippen molar-refractivity contribution in [3.63, 3.8) is 0 Å². The maximum atomic E-state index is 6.33. The maximum absolute atomic E-state index is 6.33. The third-order valence-electron chi connectivity index (χ3n) is 3.15. The highest BCUT2D eigenvalue weighted by Gasteiger charge is 2.20. The summed E-state index contributed by atoms with van der Waals surface area (Å²) in [5, 5.41) is 0.713. The standard InChI is InChI=1S/C13H15ClN2O2/c1-6-7(2)12(17-4)10(8(3)11(6)14)9-5-18-13(15)16-9/h5H,1-4H3,(H2,15,16). The number of anilines is 1. The van der Waals surface area contributed by atoms with E-state index in [9.17, 15) is 0 Å². The molecule has 0 atom stereocenters. The zero-order valence-electron chi connectivity index (χ0n) is 10.8. The molecule has 0 unspecified atom stereocenters. The number of nitrogens with zero attached hydrogens (tertiary/aromatic N) is 1. The summed E-state index contributed by atoms with van der Waals surface area (Å²) >= 11 is 6.33. The summed E-state index contributed by atoms with van der Waals surface area (Å²) in [7, 11) is 1.63. The topological polar surface area (TPSA) is 61.3 Å². The molecule has 0 aliphatic heterocycles. The highest BCUT2D eigenvalue weighted by molar-refractivity contribution is 6.32. The van der Waals surface area contributed by atoms with Crippen LogP contribution in [0.1, 0.15) is 16.7 Å². The lowest BCUT2D eigenvalue weighted by molar-refractivity contribution is 0.412. The molecular formula is C13H15ClN2O2. The average molecular weight is 267 g/mol. The second-order valence-corrected chi connectivity index (χ2v) is 4.55. The lowest BCUT2D eigenvalue weighted by Gasteiger charge is -2.17. The summed E-state index contributed by atoms with van der Waals surface area (Å²) < 4.78 is 10.5. The number of oxazole rings is 1. The van der Waals surface area contributed by atoms with Crippen LogP contribution in [0.25, 0.3) is 11.3 Å². The minimum Gasteiger partial charge on any atom is -0.496 e. The van der Waals surface area contributed by atoms with Crippen LogP contribution in [0.3, 0.4) is 0 Å². The molecule has 1 aromatic carbocycles. The van der Waals surface area contributed by atoms with Crippen LogP contribution in [-0.2, 0) is 0 Å². The molecule has 2 aromatic rings. The zero-order chi connectivity index (χ0) is 13.4. The number of rotatable bonds is 2. The predicted octanol–water partition coefficient (Wildman–Crippen LogP) is 3.51. The fourth-order valence-electron chi connectivity index (χ4n) is 2.05. The van der Waals surface area contributed by atoms with E-state index < -0.39 is 0 Å². The molecule has 2 N–H and O–H groups in total. The molecule has 5 heteroatoms. The number of nitrogens with two attached hydrogens (primary N) is 1. The fraction of sp³-hybridized carbons (Fsp3) is 0.308. The Kier molecular flexibility index (Phi) is 3.22. The van der Waals surface area contributed by atoms with E-state index in [4.69, 9.17) is 26.5 Å². The SMILES string of the molecule is COc1c(C)c(C)c(Cl)c(C)c1-c1coc(N)n1. The molecule has 0 saturated heterocycles. The maximum Gasteiger partial charge on any atom is 0.292 e. The first-order valence-electron chi connectivity index (χ1n) is 5.52. The van der Waals surface area contributed by atoms with Gasteiger partial charge in [-0.25, -0.2) is 0 Å². The third kappa shape index (κ3) is 1.82. The van der Waals surface area contributed by atoms with E-state index >= 15 is 0 Å². The van der Waals surface area contributed by atoms with Crippen LogP contribution in [0.5, 0.6) is 5.75 Å². The molecule has 2 rings (SSSR count). The molecule has 0 amide bonds. The van der Waals surface area contributed by atoms with Crippen molar-refractivity contribution in [1.82, 2.24) is 4.98 Å². The van der Waals surface area contributed by atoms with E-state index in [0.717, 1.165) is 28.0 Å². The second kappa shape index (κ2) is 4.53. The average Bonchev–Trinajstić information content (AvgIpc) is 2.77. The minimum atomic E-state index is 0.126. The molecule has 0 aliphatic carbocycles. The largest absolute Gasteiger partial charge is 0.496 e. The molecule has 0 aliphatic rings. The van der Waals surface area contributed by atoms with Crippen LogP contribution < -0.4 is 10.5 Å². The Bertz CT molecular complexity index is 606. The third-order valence-corrected chi connectivity index (χ3v) is 3.71. The van der Waals surface area contributed by atoms with Crippen molar-refractivity contribution in [3.05, 3.63) is 28.0 Å². The normalized spacial score (nSPS) is 10.7. The van der Waals surface area contributed by atoms with Gasteiger partial charge in [-0.2, -0.15) is 4.98 Å². The smallest absolute Gasteiger partial charge is 0.292 e. The lowest BCUT2D eigenvalue weighted by atomic mass is 9.97. The number of hydrogen-bond acceptors (Lipinski definition) is 4. The van der Waals surface area contributed by atoms with Crippen molar-refractivity contribution in [1.29, 1.82) is 0 Å². The number of hydrogen-bond donors (Lipinski definition) is 1. The quantitative estimate of drug-likeness (QED) is 0.903. The van der Waals surface area contributed by atoms with Crippen LogP contribution in [0.15, 0.2) is 10.7 Å². The van der Waals surface area contributed by atoms with Gasteiger partial charge in [0.25, 0.3) is 6.01 Å². The van der Waals surface area contributed by atoms with Gasteiger partial charge in [0.1, 0.15) is 17.7 Å². The molecule has 0 radical (unpaired) electrons. The number of methoxy groups -OCH3 is 1. The van der Waals surface area contributed by atoms with Gasteiger partial charge in [-0.05, 0) is 37.5 Å². The molecule has 18 heavy (non-hydrogen) atoms. The Hall–Kier alpha value is -1.68. The van der Waals surface area contributed by atoms with E-state index in [1.807, 2.05) is 20.8 Å². The highest BCUT2D eigenvalue weighted by Crippen LogP contribution is 2.41. The van der Waals surface area contributed by atoms with E-state index in [1.54, 1.807) is 7.11 Å². The van der Waals surface area contributed by atoms with Crippen molar-refractivity contribution in [2.75, 3.05) is 12.8 Å². The summed E-state index contributed by atoms with van der Waals surface area (Å²) in [6.45, 7) is 5.86. The van der Waals surface area contributed by atoms with Crippen LogP contribution in [0.2, 0.25) is 5.02 Å².